The van der Waals surface area contributed by atoms with Gasteiger partial charge in [0.2, 0.25) is 11.8 Å². The third-order valence-corrected chi connectivity index (χ3v) is 2.52. The number of carbonyl (C=O) groups excluding carboxylic acids is 1. The first-order chi connectivity index (χ1) is 7.51. The Morgan fingerprint density at radius 2 is 2.44 bits per heavy atom. The van der Waals surface area contributed by atoms with Crippen molar-refractivity contribution in [3.05, 3.63) is 17.8 Å². The lowest BCUT2D eigenvalue weighted by Crippen LogP contribution is -2.37. The molecule has 86 valence electrons. The summed E-state index contributed by atoms with van der Waals surface area (Å²) < 4.78 is 5.21. The number of carbonyl (C=O) groups is 1. The molecule has 1 rings (SSSR count). The molecule has 16 heavy (non-hydrogen) atoms. The van der Waals surface area contributed by atoms with Crippen molar-refractivity contribution >= 4 is 5.91 Å². The van der Waals surface area contributed by atoms with Crippen LogP contribution in [0.1, 0.15) is 31.9 Å². The lowest BCUT2D eigenvalue weighted by Gasteiger charge is -2.17. The molecule has 5 nitrogen and oxygen atoms in total. The van der Waals surface area contributed by atoms with Crippen LogP contribution in [0.4, 0.5) is 0 Å². The van der Waals surface area contributed by atoms with Crippen molar-refractivity contribution in [2.24, 2.45) is 5.41 Å². The van der Waals surface area contributed by atoms with E-state index in [0.29, 0.717) is 18.1 Å². The van der Waals surface area contributed by atoms with E-state index in [1.165, 1.54) is 0 Å². The van der Waals surface area contributed by atoms with Crippen molar-refractivity contribution in [1.82, 2.24) is 10.3 Å². The summed E-state index contributed by atoms with van der Waals surface area (Å²) in [6.45, 7) is 5.41. The van der Waals surface area contributed by atoms with Crippen LogP contribution in [-0.4, -0.2) is 10.9 Å². The molecule has 1 aromatic heterocycles. The molecule has 0 aromatic carbocycles. The van der Waals surface area contributed by atoms with E-state index in [4.69, 9.17) is 9.68 Å². The van der Waals surface area contributed by atoms with Gasteiger partial charge in [-0.25, -0.2) is 4.98 Å². The monoisotopic (exact) mass is 221 g/mol. The van der Waals surface area contributed by atoms with Crippen LogP contribution in [0, 0.1) is 23.7 Å². The Morgan fingerprint density at radius 3 is 2.88 bits per heavy atom. The van der Waals surface area contributed by atoms with Crippen LogP contribution in [0.5, 0.6) is 0 Å². The molecule has 1 atom stereocenters. The molecule has 0 saturated heterocycles. The molecule has 0 aliphatic heterocycles. The third-order valence-electron chi connectivity index (χ3n) is 2.52. The first-order valence-corrected chi connectivity index (χ1v) is 5.12. The fraction of sp³-hybridized carbons (Fsp3) is 0.545. The quantitative estimate of drug-likeness (QED) is 0.836. The van der Waals surface area contributed by atoms with Crippen molar-refractivity contribution in [2.75, 3.05) is 0 Å². The number of nitrogens with zero attached hydrogens (tertiary/aromatic N) is 2. The van der Waals surface area contributed by atoms with Crippen LogP contribution >= 0.6 is 0 Å². The van der Waals surface area contributed by atoms with Crippen molar-refractivity contribution in [1.29, 1.82) is 5.26 Å². The van der Waals surface area contributed by atoms with Gasteiger partial charge in [0, 0.05) is 0 Å². The molecule has 1 amide bonds. The fourth-order valence-corrected chi connectivity index (χ4v) is 1.12. The average Bonchev–Trinajstić information content (AvgIpc) is 2.70. The summed E-state index contributed by atoms with van der Waals surface area (Å²) in [5, 5.41) is 11.5. The summed E-state index contributed by atoms with van der Waals surface area (Å²) in [7, 11) is 0. The normalized spacial score (nSPS) is 13.9. The van der Waals surface area contributed by atoms with Crippen molar-refractivity contribution < 1.29 is 9.21 Å². The van der Waals surface area contributed by atoms with Gasteiger partial charge in [-0.15, -0.1) is 0 Å². The van der Waals surface area contributed by atoms with Gasteiger partial charge in [-0.1, -0.05) is 6.92 Å². The largest absolute Gasteiger partial charge is 0.444 e. The van der Waals surface area contributed by atoms with E-state index >= 15 is 0 Å². The molecule has 0 saturated carbocycles. The van der Waals surface area contributed by atoms with Gasteiger partial charge in [-0.3, -0.25) is 4.79 Å². The Labute approximate surface area is 94.5 Å². The van der Waals surface area contributed by atoms with Gasteiger partial charge in [0.15, 0.2) is 0 Å². The average molecular weight is 221 g/mol. The molecule has 0 radical (unpaired) electrons. The minimum absolute atomic E-state index is 0.212. The van der Waals surface area contributed by atoms with Gasteiger partial charge >= 0.3 is 0 Å². The fourth-order valence-electron chi connectivity index (χ4n) is 1.12. The van der Waals surface area contributed by atoms with E-state index < -0.39 is 5.41 Å². The molecule has 5 heteroatoms. The predicted octanol–water partition coefficient (Wildman–Crippen LogP) is 1.54. The minimum Gasteiger partial charge on any atom is -0.444 e. The molecule has 0 aliphatic carbocycles. The molecule has 0 aliphatic rings. The number of amides is 1. The number of rotatable bonds is 4. The van der Waals surface area contributed by atoms with Gasteiger partial charge in [-0.05, 0) is 20.3 Å². The lowest BCUT2D eigenvalue weighted by atomic mass is 9.88. The van der Waals surface area contributed by atoms with E-state index in [1.807, 2.05) is 6.07 Å². The Balaban J connectivity index is 2.57. The van der Waals surface area contributed by atoms with E-state index in [-0.39, 0.29) is 12.5 Å². The first-order valence-electron chi connectivity index (χ1n) is 5.12. The predicted molar refractivity (Wildman–Crippen MR) is 57.1 cm³/mol. The van der Waals surface area contributed by atoms with E-state index in [0.717, 1.165) is 0 Å². The number of aryl methyl sites for hydroxylation is 1. The van der Waals surface area contributed by atoms with Gasteiger partial charge < -0.3 is 9.73 Å². The zero-order chi connectivity index (χ0) is 12.2. The van der Waals surface area contributed by atoms with Crippen molar-refractivity contribution in [3.8, 4) is 6.07 Å². The van der Waals surface area contributed by atoms with Crippen LogP contribution in [0.15, 0.2) is 10.6 Å². The first kappa shape index (κ1) is 12.2. The smallest absolute Gasteiger partial charge is 0.240 e. The molecular weight excluding hydrogens is 206 g/mol. The van der Waals surface area contributed by atoms with Crippen LogP contribution in [0.25, 0.3) is 0 Å². The SMILES string of the molecule is CCC(C)(C#N)C(=O)NCc1ncc(C)o1. The van der Waals surface area contributed by atoms with Crippen LogP contribution < -0.4 is 5.32 Å². The van der Waals surface area contributed by atoms with Gasteiger partial charge in [0.25, 0.3) is 0 Å². The Hall–Kier alpha value is -1.83. The lowest BCUT2D eigenvalue weighted by molar-refractivity contribution is -0.127. The molecule has 1 unspecified atom stereocenters. The maximum absolute atomic E-state index is 11.7. The van der Waals surface area contributed by atoms with Gasteiger partial charge in [0.05, 0.1) is 18.8 Å². The van der Waals surface area contributed by atoms with Crippen molar-refractivity contribution in [2.45, 2.75) is 33.7 Å². The maximum Gasteiger partial charge on any atom is 0.240 e. The highest BCUT2D eigenvalue weighted by atomic mass is 16.4. The zero-order valence-electron chi connectivity index (χ0n) is 9.70. The topological polar surface area (TPSA) is 78.9 Å². The highest BCUT2D eigenvalue weighted by Crippen LogP contribution is 2.19. The van der Waals surface area contributed by atoms with E-state index in [9.17, 15) is 4.79 Å². The van der Waals surface area contributed by atoms with Gasteiger partial charge in [0.1, 0.15) is 11.2 Å². The second kappa shape index (κ2) is 4.79. The summed E-state index contributed by atoms with van der Waals surface area (Å²) in [6.07, 6.45) is 2.06. The summed E-state index contributed by atoms with van der Waals surface area (Å²) in [5.41, 5.74) is -0.984. The number of hydrogen-bond acceptors (Lipinski definition) is 4. The molecular formula is C11H15N3O2. The Kier molecular flexibility index (Phi) is 3.67. The van der Waals surface area contributed by atoms with E-state index in [2.05, 4.69) is 10.3 Å². The summed E-state index contributed by atoms with van der Waals surface area (Å²) in [5.74, 6) is 0.846. The van der Waals surface area contributed by atoms with Gasteiger partial charge in [-0.2, -0.15) is 5.26 Å². The second-order valence-corrected chi connectivity index (χ2v) is 3.84. The van der Waals surface area contributed by atoms with Crippen LogP contribution in [-0.2, 0) is 11.3 Å². The molecule has 1 N–H and O–H groups in total. The molecule has 0 fully saturated rings. The molecule has 1 aromatic rings. The molecule has 0 bridgehead atoms. The standard InChI is InChI=1S/C11H15N3O2/c1-4-11(3,7-12)10(15)14-6-9-13-5-8(2)16-9/h5H,4,6H2,1-3H3,(H,14,15). The maximum atomic E-state index is 11.7. The minimum atomic E-state index is -0.984. The molecule has 0 spiro atoms. The van der Waals surface area contributed by atoms with Crippen LogP contribution in [0.3, 0.4) is 0 Å². The number of nitrogens with one attached hydrogen (secondary N) is 1. The molecule has 1 heterocycles. The summed E-state index contributed by atoms with van der Waals surface area (Å²) >= 11 is 0. The highest BCUT2D eigenvalue weighted by molar-refractivity contribution is 5.84. The summed E-state index contributed by atoms with van der Waals surface area (Å²) in [6, 6.07) is 2.01. The van der Waals surface area contributed by atoms with Crippen LogP contribution in [0.2, 0.25) is 0 Å². The number of oxazole rings is 1. The number of nitriles is 1. The van der Waals surface area contributed by atoms with Crippen molar-refractivity contribution in [3.63, 3.8) is 0 Å². The number of aromatic nitrogens is 1. The highest BCUT2D eigenvalue weighted by Gasteiger charge is 2.31. The second-order valence-electron chi connectivity index (χ2n) is 3.84. The zero-order valence-corrected chi connectivity index (χ0v) is 9.70. The van der Waals surface area contributed by atoms with E-state index in [1.54, 1.807) is 27.0 Å². The summed E-state index contributed by atoms with van der Waals surface area (Å²) in [4.78, 5) is 15.7. The Morgan fingerprint density at radius 1 is 1.75 bits per heavy atom. The third kappa shape index (κ3) is 2.60. The number of hydrogen-bond donors (Lipinski definition) is 1. The Bertz CT molecular complexity index is 419.